The van der Waals surface area contributed by atoms with Crippen molar-refractivity contribution < 1.29 is 9.59 Å². The molecule has 0 amide bonds. The zero-order valence-corrected chi connectivity index (χ0v) is 19.3. The molecule has 2 heterocycles. The van der Waals surface area contributed by atoms with E-state index in [1.54, 1.807) is 12.1 Å². The lowest BCUT2D eigenvalue weighted by atomic mass is 9.85. The fourth-order valence-corrected chi connectivity index (χ4v) is 4.40. The molecule has 3 aromatic rings. The quantitative estimate of drug-likeness (QED) is 0.221. The van der Waals surface area contributed by atoms with E-state index in [1.165, 1.54) is 0 Å². The molecule has 30 heavy (non-hydrogen) atoms. The first-order chi connectivity index (χ1) is 14.4. The Morgan fingerprint density at radius 1 is 0.900 bits per heavy atom. The van der Waals surface area contributed by atoms with Gasteiger partial charge in [0.25, 0.3) is 0 Å². The average Bonchev–Trinajstić information content (AvgIpc) is 3.37. The summed E-state index contributed by atoms with van der Waals surface area (Å²) in [7, 11) is 0. The number of hydrogen-bond donors (Lipinski definition) is 0. The molecule has 152 valence electrons. The molecule has 0 N–H and O–H groups in total. The number of fused-ring (bicyclic) bond motifs is 3. The number of nitrogens with zero attached hydrogens (tertiary/aromatic N) is 1. The smallest absolute Gasteiger partial charge is 0.197 e. The number of para-hydroxylation sites is 1. The number of halogens is 4. The molecule has 3 nitrogen and oxygen atoms in total. The second-order valence-electron chi connectivity index (χ2n) is 6.87. The molecule has 3 aromatic carbocycles. The number of carbonyl (C=O) groups excluding carboxylic acids is 2. The first-order valence-corrected chi connectivity index (χ1v) is 11.2. The van der Waals surface area contributed by atoms with Gasteiger partial charge in [0, 0.05) is 21.3 Å². The maximum Gasteiger partial charge on any atom is 0.197 e. The molecular weight excluding hydrogens is 509 g/mol. The van der Waals surface area contributed by atoms with Crippen LogP contribution in [-0.2, 0) is 5.54 Å². The number of rotatable bonds is 3. The second-order valence-corrected chi connectivity index (χ2v) is 9.76. The summed E-state index contributed by atoms with van der Waals surface area (Å²) in [6.45, 7) is 0. The minimum atomic E-state index is -0.908. The molecule has 0 bridgehead atoms. The highest BCUT2D eigenvalue weighted by Gasteiger charge is 2.75. The summed E-state index contributed by atoms with van der Waals surface area (Å²) in [5.74, 6) is -0.0148. The van der Waals surface area contributed by atoms with Gasteiger partial charge in [0.2, 0.25) is 0 Å². The fraction of sp³-hybridized carbons (Fsp3) is 0.130. The topological polar surface area (TPSA) is 37.1 Å². The molecule has 1 fully saturated rings. The van der Waals surface area contributed by atoms with Crippen molar-refractivity contribution in [3.8, 4) is 0 Å². The van der Waals surface area contributed by atoms with E-state index in [0.717, 1.165) is 15.7 Å². The van der Waals surface area contributed by atoms with Crippen molar-refractivity contribution in [1.82, 2.24) is 0 Å². The van der Waals surface area contributed by atoms with Crippen molar-refractivity contribution >= 4 is 68.0 Å². The Balaban J connectivity index is 0.000000503. The van der Waals surface area contributed by atoms with E-state index in [1.807, 2.05) is 71.6 Å². The summed E-state index contributed by atoms with van der Waals surface area (Å²) in [6, 6.07) is 24.0. The summed E-state index contributed by atoms with van der Waals surface area (Å²) in [5, 5.41) is 0. The van der Waals surface area contributed by atoms with Crippen LogP contribution in [0.3, 0.4) is 0 Å². The van der Waals surface area contributed by atoms with Crippen LogP contribution in [0.25, 0.3) is 0 Å². The minimum absolute atomic E-state index is 0.00904. The van der Waals surface area contributed by atoms with E-state index in [-0.39, 0.29) is 11.6 Å². The lowest BCUT2D eigenvalue weighted by molar-refractivity contribution is 0.0910. The second kappa shape index (κ2) is 8.35. The highest BCUT2D eigenvalue weighted by molar-refractivity contribution is 9.10. The lowest BCUT2D eigenvalue weighted by Gasteiger charge is -2.11. The van der Waals surface area contributed by atoms with E-state index >= 15 is 0 Å². The first kappa shape index (κ1) is 21.4. The van der Waals surface area contributed by atoms with Crippen molar-refractivity contribution in [3.63, 3.8) is 0 Å². The van der Waals surface area contributed by atoms with Gasteiger partial charge in [0.1, 0.15) is 6.04 Å². The third kappa shape index (κ3) is 3.46. The summed E-state index contributed by atoms with van der Waals surface area (Å²) < 4.78 is 0.171. The Kier molecular flexibility index (Phi) is 5.95. The Bertz CT molecular complexity index is 1100. The molecule has 0 radical (unpaired) electrons. The van der Waals surface area contributed by atoms with Gasteiger partial charge in [0.15, 0.2) is 21.4 Å². The van der Waals surface area contributed by atoms with Crippen LogP contribution in [0.1, 0.15) is 26.3 Å². The standard InChI is InChI=1S/C22H14BrNO2.CHCl3/c23-16-12-10-14(11-13-16)19(25)20-22(15-6-2-1-3-7-15)21(26)17-8-4-5-9-18(17)24(20)22;2-1(3)4/h1-13,20H;1H/t20-,22+,24?;/m1./s1. The van der Waals surface area contributed by atoms with E-state index in [9.17, 15) is 9.59 Å². The molecule has 0 saturated carbocycles. The third-order valence-corrected chi connectivity index (χ3v) is 5.84. The van der Waals surface area contributed by atoms with Crippen LogP contribution in [0.15, 0.2) is 83.3 Å². The van der Waals surface area contributed by atoms with E-state index in [4.69, 9.17) is 34.8 Å². The fourth-order valence-electron chi connectivity index (χ4n) is 4.14. The SMILES string of the molecule is ClC(Cl)Cl.O=C(c1ccc(Br)cc1)[C@H]1N2c3ccccc3C(=O)[C@]12c1ccccc1. The highest BCUT2D eigenvalue weighted by Crippen LogP contribution is 2.61. The van der Waals surface area contributed by atoms with Gasteiger partial charge in [-0.1, -0.05) is 105 Å². The number of benzene rings is 3. The summed E-state index contributed by atoms with van der Waals surface area (Å²) in [4.78, 5) is 28.6. The zero-order valence-electron chi connectivity index (χ0n) is 15.4. The first-order valence-electron chi connectivity index (χ1n) is 9.09. The van der Waals surface area contributed by atoms with Crippen LogP contribution in [0.5, 0.6) is 0 Å². The maximum absolute atomic E-state index is 13.4. The molecule has 7 heteroatoms. The molecule has 2 aliphatic heterocycles. The van der Waals surface area contributed by atoms with Gasteiger partial charge < -0.3 is 4.90 Å². The molecule has 0 aromatic heterocycles. The molecule has 0 unspecified atom stereocenters. The minimum Gasteiger partial charge on any atom is -0.338 e. The van der Waals surface area contributed by atoms with Crippen molar-refractivity contribution in [2.75, 3.05) is 4.90 Å². The van der Waals surface area contributed by atoms with Gasteiger partial charge in [-0.05, 0) is 29.8 Å². The van der Waals surface area contributed by atoms with Gasteiger partial charge in [0.05, 0.1) is 0 Å². The molecule has 5 rings (SSSR count). The zero-order chi connectivity index (χ0) is 21.5. The molecule has 2 atom stereocenters. The van der Waals surface area contributed by atoms with Gasteiger partial charge >= 0.3 is 0 Å². The van der Waals surface area contributed by atoms with Gasteiger partial charge in [-0.15, -0.1) is 0 Å². The maximum atomic E-state index is 13.4. The molecule has 0 aliphatic carbocycles. The molecule has 1 saturated heterocycles. The van der Waals surface area contributed by atoms with Crippen LogP contribution in [0, 0.1) is 0 Å². The van der Waals surface area contributed by atoms with Gasteiger partial charge in [-0.2, -0.15) is 0 Å². The van der Waals surface area contributed by atoms with Crippen LogP contribution < -0.4 is 4.90 Å². The predicted octanol–water partition coefficient (Wildman–Crippen LogP) is 6.60. The molecule has 2 aliphatic rings. The monoisotopic (exact) mass is 521 g/mol. The molecule has 0 spiro atoms. The normalized spacial score (nSPS) is 20.9. The molecular formula is C23H15BrCl3NO2. The summed E-state index contributed by atoms with van der Waals surface area (Å²) in [5.41, 5.74) is 2.12. The predicted molar refractivity (Wildman–Crippen MR) is 125 cm³/mol. The van der Waals surface area contributed by atoms with Crippen LogP contribution >= 0.6 is 50.7 Å². The Morgan fingerprint density at radius 3 is 2.10 bits per heavy atom. The lowest BCUT2D eigenvalue weighted by Crippen LogP contribution is -2.27. The van der Waals surface area contributed by atoms with Crippen LogP contribution in [-0.4, -0.2) is 21.9 Å². The van der Waals surface area contributed by atoms with Crippen LogP contribution in [0.4, 0.5) is 5.69 Å². The van der Waals surface area contributed by atoms with E-state index in [2.05, 4.69) is 15.9 Å². The average molecular weight is 524 g/mol. The van der Waals surface area contributed by atoms with Gasteiger partial charge in [-0.25, -0.2) is 0 Å². The van der Waals surface area contributed by atoms with Gasteiger partial charge in [-0.3, -0.25) is 9.59 Å². The Labute approximate surface area is 197 Å². The largest absolute Gasteiger partial charge is 0.338 e. The number of carbonyl (C=O) groups is 2. The van der Waals surface area contributed by atoms with Crippen LogP contribution in [0.2, 0.25) is 0 Å². The Hall–Kier alpha value is -1.85. The van der Waals surface area contributed by atoms with E-state index < -0.39 is 15.9 Å². The number of anilines is 1. The highest BCUT2D eigenvalue weighted by atomic mass is 79.9. The van der Waals surface area contributed by atoms with Crippen molar-refractivity contribution in [3.05, 3.63) is 100 Å². The number of Topliss-reactive ketones (excluding diaryl/α,β-unsaturated/α-hetero) is 2. The van der Waals surface area contributed by atoms with Crippen molar-refractivity contribution in [2.24, 2.45) is 0 Å². The number of ketones is 2. The van der Waals surface area contributed by atoms with Crippen molar-refractivity contribution in [2.45, 2.75) is 15.9 Å². The van der Waals surface area contributed by atoms with Crippen molar-refractivity contribution in [1.29, 1.82) is 0 Å². The summed E-state index contributed by atoms with van der Waals surface area (Å²) >= 11 is 17.8. The van der Waals surface area contributed by atoms with E-state index in [0.29, 0.717) is 11.1 Å². The third-order valence-electron chi connectivity index (χ3n) is 5.31. The summed E-state index contributed by atoms with van der Waals surface area (Å²) in [6.07, 6.45) is 0. The number of alkyl halides is 3. The number of hydrogen-bond acceptors (Lipinski definition) is 3. The Morgan fingerprint density at radius 2 is 1.47 bits per heavy atom.